The van der Waals surface area contributed by atoms with Crippen molar-refractivity contribution in [2.45, 2.75) is 107 Å². The maximum atomic E-state index is 2.59. The van der Waals surface area contributed by atoms with Crippen molar-refractivity contribution in [1.82, 2.24) is 0 Å². The molecule has 0 radical (unpaired) electrons. The van der Waals surface area contributed by atoms with Crippen LogP contribution in [0.2, 0.25) is 39.3 Å². The van der Waals surface area contributed by atoms with Gasteiger partial charge in [-0.3, -0.25) is 0 Å². The summed E-state index contributed by atoms with van der Waals surface area (Å²) in [6, 6.07) is 65.4. The predicted molar refractivity (Wildman–Crippen MR) is 323 cm³/mol. The summed E-state index contributed by atoms with van der Waals surface area (Å²) < 4.78 is 0. The first kappa shape index (κ1) is 48.9. The predicted octanol–water partition coefficient (Wildman–Crippen LogP) is 19.4. The van der Waals surface area contributed by atoms with E-state index in [-0.39, 0.29) is 11.8 Å². The summed E-state index contributed by atoms with van der Waals surface area (Å²) in [5, 5.41) is 10.8. The molecule has 0 aliphatic heterocycles. The topological polar surface area (TPSA) is 6.48 Å². The zero-order valence-electron chi connectivity index (χ0n) is 45.2. The number of aryl methyl sites for hydroxylation is 4. The molecule has 0 aromatic heterocycles. The molecule has 4 heteroatoms. The number of rotatable bonds is 12. The quantitative estimate of drug-likeness (QED) is 0.0889. The van der Waals surface area contributed by atoms with Gasteiger partial charge in [-0.2, -0.15) is 0 Å². The van der Waals surface area contributed by atoms with Crippen molar-refractivity contribution in [1.29, 1.82) is 0 Å². The maximum Gasteiger partial charge on any atom is 0.0784 e. The molecule has 0 unspecified atom stereocenters. The lowest BCUT2D eigenvalue weighted by atomic mass is 9.84. The van der Waals surface area contributed by atoms with E-state index >= 15 is 0 Å². The highest BCUT2D eigenvalue weighted by Gasteiger charge is 2.30. The fraction of sp³-hybridized carbons (Fsp3) is 0.235. The molecule has 0 N–H and O–H groups in total. The summed E-state index contributed by atoms with van der Waals surface area (Å²) in [6.07, 6.45) is 0. The van der Waals surface area contributed by atoms with Gasteiger partial charge in [0.2, 0.25) is 0 Å². The van der Waals surface area contributed by atoms with Crippen LogP contribution in [0.1, 0.15) is 72.9 Å². The summed E-state index contributed by atoms with van der Waals surface area (Å²) >= 11 is 0. The molecule has 0 aliphatic carbocycles. The molecular weight excluding hydrogens is 901 g/mol. The van der Waals surface area contributed by atoms with Gasteiger partial charge >= 0.3 is 0 Å². The Kier molecular flexibility index (Phi) is 12.7. The van der Waals surface area contributed by atoms with Gasteiger partial charge < -0.3 is 9.80 Å². The minimum absolute atomic E-state index is 0.278. The fourth-order valence-electron chi connectivity index (χ4n) is 11.4. The van der Waals surface area contributed by atoms with Gasteiger partial charge in [0.25, 0.3) is 0 Å². The lowest BCUT2D eigenvalue weighted by Crippen LogP contribution is -2.39. The summed E-state index contributed by atoms with van der Waals surface area (Å²) in [4.78, 5) is 5.18. The Morgan fingerprint density at radius 3 is 1.00 bits per heavy atom. The standard InChI is InChI=1S/C68H72N2Si2/c1-43(2)57-39-63(69(51-29-25-45(5)26-30-51)61-41-59(49-21-17-15-18-22-49)65(37-47(61)7)71(9,10)11)55-36-34-54-58(44(3)4)40-64(56-35-33-53(57)67(55)68(54)56)70(52-31-27-46(6)28-32-52)62-42-60(50-23-19-16-20-24-50)66(38-48(62)8)72(12,13)14/h15-44H,1-14H3. The molecule has 0 aliphatic rings. The number of hydrogen-bond acceptors (Lipinski definition) is 2. The zero-order valence-corrected chi connectivity index (χ0v) is 47.2. The van der Waals surface area contributed by atoms with E-state index in [4.69, 9.17) is 0 Å². The van der Waals surface area contributed by atoms with E-state index in [1.165, 1.54) is 121 Å². The molecule has 0 spiro atoms. The van der Waals surface area contributed by atoms with E-state index in [0.717, 1.165) is 11.4 Å². The van der Waals surface area contributed by atoms with E-state index in [0.29, 0.717) is 0 Å². The molecular formula is C68H72N2Si2. The second-order valence-electron chi connectivity index (χ2n) is 23.3. The summed E-state index contributed by atoms with van der Waals surface area (Å²) in [6.45, 7) is 33.4. The Hall–Kier alpha value is -6.73. The van der Waals surface area contributed by atoms with Gasteiger partial charge in [-0.25, -0.2) is 0 Å². The van der Waals surface area contributed by atoms with Gasteiger partial charge in [0.1, 0.15) is 0 Å². The molecule has 2 nitrogen and oxygen atoms in total. The average molecular weight is 974 g/mol. The van der Waals surface area contributed by atoms with Crippen LogP contribution in [-0.2, 0) is 0 Å². The van der Waals surface area contributed by atoms with Crippen LogP contribution in [0.3, 0.4) is 0 Å². The maximum absolute atomic E-state index is 2.59. The average Bonchev–Trinajstić information content (AvgIpc) is 3.35. The first-order valence-electron chi connectivity index (χ1n) is 26.2. The van der Waals surface area contributed by atoms with Crippen LogP contribution in [-0.4, -0.2) is 16.1 Å². The zero-order chi connectivity index (χ0) is 51.0. The van der Waals surface area contributed by atoms with Crippen molar-refractivity contribution in [2.24, 2.45) is 0 Å². The lowest BCUT2D eigenvalue weighted by Gasteiger charge is -2.34. The Morgan fingerprint density at radius 2 is 0.681 bits per heavy atom. The normalized spacial score (nSPS) is 12.3. The van der Waals surface area contributed by atoms with E-state index in [1.807, 2.05) is 0 Å². The molecule has 10 aromatic carbocycles. The SMILES string of the molecule is Cc1ccc(N(c2cc(-c3ccccc3)c([Si](C)(C)C)cc2C)c2cc(C(C)C)c3ccc4c(N(c5ccc(C)cc5)c5cc(-c6ccccc6)c([Si](C)(C)C)cc5C)cc(C(C)C)c5ccc2c3c54)cc1. The first-order chi connectivity index (χ1) is 34.3. The van der Waals surface area contributed by atoms with Crippen LogP contribution in [0.25, 0.3) is 54.6 Å². The molecule has 0 saturated carbocycles. The minimum Gasteiger partial charge on any atom is -0.310 e. The Morgan fingerprint density at radius 1 is 0.347 bits per heavy atom. The van der Waals surface area contributed by atoms with Crippen LogP contribution in [0.15, 0.2) is 170 Å². The van der Waals surface area contributed by atoms with E-state index in [2.05, 4.69) is 274 Å². The number of anilines is 6. The third-order valence-electron chi connectivity index (χ3n) is 15.2. The molecule has 10 rings (SSSR count). The molecule has 0 atom stereocenters. The van der Waals surface area contributed by atoms with Crippen molar-refractivity contribution in [3.63, 3.8) is 0 Å². The smallest absolute Gasteiger partial charge is 0.0784 e. The van der Waals surface area contributed by atoms with Gasteiger partial charge in [-0.15, -0.1) is 0 Å². The second-order valence-corrected chi connectivity index (χ2v) is 33.4. The van der Waals surface area contributed by atoms with E-state index in [1.54, 1.807) is 0 Å². The van der Waals surface area contributed by atoms with Crippen molar-refractivity contribution >= 4 is 93.0 Å². The lowest BCUT2D eigenvalue weighted by molar-refractivity contribution is 0.875. The highest BCUT2D eigenvalue weighted by molar-refractivity contribution is 6.90. The molecule has 0 saturated heterocycles. The molecule has 0 bridgehead atoms. The third kappa shape index (κ3) is 8.77. The molecule has 0 heterocycles. The van der Waals surface area contributed by atoms with Crippen molar-refractivity contribution in [3.05, 3.63) is 203 Å². The number of benzene rings is 10. The second kappa shape index (κ2) is 18.7. The van der Waals surface area contributed by atoms with E-state index < -0.39 is 16.1 Å². The van der Waals surface area contributed by atoms with Crippen LogP contribution in [0.4, 0.5) is 34.1 Å². The van der Waals surface area contributed by atoms with Crippen LogP contribution in [0.5, 0.6) is 0 Å². The Labute approximate surface area is 432 Å². The summed E-state index contributed by atoms with van der Waals surface area (Å²) in [5.74, 6) is 0.556. The molecule has 10 aromatic rings. The van der Waals surface area contributed by atoms with Gasteiger partial charge in [0.05, 0.1) is 27.5 Å². The number of nitrogens with zero attached hydrogens (tertiary/aromatic N) is 2. The Balaban J connectivity index is 1.33. The highest BCUT2D eigenvalue weighted by atomic mass is 28.3. The van der Waals surface area contributed by atoms with Gasteiger partial charge in [0.15, 0.2) is 0 Å². The van der Waals surface area contributed by atoms with Crippen LogP contribution < -0.4 is 20.2 Å². The van der Waals surface area contributed by atoms with Crippen molar-refractivity contribution in [3.8, 4) is 22.3 Å². The molecule has 362 valence electrons. The molecule has 0 fully saturated rings. The van der Waals surface area contributed by atoms with Gasteiger partial charge in [-0.1, -0.05) is 210 Å². The summed E-state index contributed by atoms with van der Waals surface area (Å²) in [5.41, 5.74) is 20.2. The van der Waals surface area contributed by atoms with E-state index in [9.17, 15) is 0 Å². The van der Waals surface area contributed by atoms with Crippen LogP contribution in [0, 0.1) is 27.7 Å². The largest absolute Gasteiger partial charge is 0.310 e. The third-order valence-corrected chi connectivity index (χ3v) is 19.2. The van der Waals surface area contributed by atoms with Gasteiger partial charge in [0, 0.05) is 33.5 Å². The molecule has 0 amide bonds. The first-order valence-corrected chi connectivity index (χ1v) is 33.2. The fourth-order valence-corrected chi connectivity index (χ4v) is 14.7. The van der Waals surface area contributed by atoms with Crippen LogP contribution >= 0.6 is 0 Å². The van der Waals surface area contributed by atoms with Crippen molar-refractivity contribution < 1.29 is 0 Å². The summed E-state index contributed by atoms with van der Waals surface area (Å²) in [7, 11) is -3.53. The van der Waals surface area contributed by atoms with Crippen molar-refractivity contribution in [2.75, 3.05) is 9.80 Å². The molecule has 72 heavy (non-hydrogen) atoms. The minimum atomic E-state index is -1.77. The number of hydrogen-bond donors (Lipinski definition) is 0. The Bertz CT molecular complexity index is 3370. The highest BCUT2D eigenvalue weighted by Crippen LogP contribution is 2.52. The van der Waals surface area contributed by atoms with Gasteiger partial charge in [-0.05, 0) is 154 Å². The monoisotopic (exact) mass is 973 g/mol.